The van der Waals surface area contributed by atoms with Crippen molar-refractivity contribution in [1.29, 1.82) is 0 Å². The third kappa shape index (κ3) is 3.75. The molecule has 0 amide bonds. The summed E-state index contributed by atoms with van der Waals surface area (Å²) in [5.74, 6) is 0.582. The van der Waals surface area contributed by atoms with Crippen molar-refractivity contribution >= 4 is 31.6 Å². The van der Waals surface area contributed by atoms with Crippen LogP contribution in [-0.2, 0) is 16.6 Å². The SMILES string of the molecule is COc1ccc(N)cc1CNS(=O)(=O)c1ccccc1Br. The maximum absolute atomic E-state index is 12.3. The fraction of sp³-hybridized carbons (Fsp3) is 0.143. The summed E-state index contributed by atoms with van der Waals surface area (Å²) >= 11 is 3.23. The molecule has 0 bridgehead atoms. The first kappa shape index (κ1) is 15.8. The van der Waals surface area contributed by atoms with Crippen molar-refractivity contribution in [2.24, 2.45) is 0 Å². The van der Waals surface area contributed by atoms with Gasteiger partial charge in [0.05, 0.1) is 12.0 Å². The van der Waals surface area contributed by atoms with Crippen molar-refractivity contribution in [2.75, 3.05) is 12.8 Å². The minimum atomic E-state index is -3.62. The smallest absolute Gasteiger partial charge is 0.241 e. The summed E-state index contributed by atoms with van der Waals surface area (Å²) in [6.07, 6.45) is 0. The van der Waals surface area contributed by atoms with E-state index in [0.717, 1.165) is 0 Å². The van der Waals surface area contributed by atoms with Gasteiger partial charge in [-0.15, -0.1) is 0 Å². The van der Waals surface area contributed by atoms with Gasteiger partial charge in [0.2, 0.25) is 10.0 Å². The molecule has 0 saturated heterocycles. The Morgan fingerprint density at radius 3 is 2.62 bits per heavy atom. The number of nitrogens with two attached hydrogens (primary N) is 1. The molecular formula is C14H15BrN2O3S. The molecule has 0 aliphatic carbocycles. The van der Waals surface area contributed by atoms with Crippen LogP contribution in [0.3, 0.4) is 0 Å². The number of hydrogen-bond donors (Lipinski definition) is 2. The topological polar surface area (TPSA) is 81.4 Å². The molecule has 0 aliphatic rings. The van der Waals surface area contributed by atoms with E-state index in [0.29, 0.717) is 21.5 Å². The Kier molecular flexibility index (Phi) is 4.87. The molecule has 2 aromatic carbocycles. The second-order valence-electron chi connectivity index (χ2n) is 4.33. The lowest BCUT2D eigenvalue weighted by Gasteiger charge is -2.12. The first-order valence-electron chi connectivity index (χ1n) is 6.10. The number of halogens is 1. The zero-order valence-electron chi connectivity index (χ0n) is 11.3. The van der Waals surface area contributed by atoms with Crippen molar-refractivity contribution in [3.8, 4) is 5.75 Å². The number of nitrogen functional groups attached to an aromatic ring is 1. The van der Waals surface area contributed by atoms with Crippen LogP contribution in [0.15, 0.2) is 51.8 Å². The van der Waals surface area contributed by atoms with E-state index in [2.05, 4.69) is 20.7 Å². The van der Waals surface area contributed by atoms with Crippen LogP contribution in [-0.4, -0.2) is 15.5 Å². The van der Waals surface area contributed by atoms with Crippen LogP contribution in [0.1, 0.15) is 5.56 Å². The number of methoxy groups -OCH3 is 1. The second-order valence-corrected chi connectivity index (χ2v) is 6.92. The highest BCUT2D eigenvalue weighted by atomic mass is 79.9. The highest BCUT2D eigenvalue weighted by Crippen LogP contribution is 2.24. The van der Waals surface area contributed by atoms with Gasteiger partial charge in [-0.2, -0.15) is 0 Å². The highest BCUT2D eigenvalue weighted by Gasteiger charge is 2.17. The summed E-state index contributed by atoms with van der Waals surface area (Å²) in [5, 5.41) is 0. The fourth-order valence-electron chi connectivity index (χ4n) is 1.85. The van der Waals surface area contributed by atoms with Crippen LogP contribution >= 0.6 is 15.9 Å². The zero-order chi connectivity index (χ0) is 15.5. The van der Waals surface area contributed by atoms with Crippen LogP contribution < -0.4 is 15.2 Å². The predicted molar refractivity (Wildman–Crippen MR) is 85.6 cm³/mol. The minimum Gasteiger partial charge on any atom is -0.496 e. The van der Waals surface area contributed by atoms with E-state index >= 15 is 0 Å². The molecular weight excluding hydrogens is 356 g/mol. The molecule has 21 heavy (non-hydrogen) atoms. The Labute approximate surface area is 132 Å². The molecule has 0 fully saturated rings. The largest absolute Gasteiger partial charge is 0.496 e. The maximum Gasteiger partial charge on any atom is 0.241 e. The van der Waals surface area contributed by atoms with Gasteiger partial charge in [0, 0.05) is 22.3 Å². The lowest BCUT2D eigenvalue weighted by molar-refractivity contribution is 0.409. The minimum absolute atomic E-state index is 0.0951. The molecule has 5 nitrogen and oxygen atoms in total. The van der Waals surface area contributed by atoms with Gasteiger partial charge in [-0.05, 0) is 46.3 Å². The standard InChI is InChI=1S/C14H15BrN2O3S/c1-20-13-7-6-11(16)8-10(13)9-17-21(18,19)14-5-3-2-4-12(14)15/h2-8,17H,9,16H2,1H3. The maximum atomic E-state index is 12.3. The van der Waals surface area contributed by atoms with Crippen LogP contribution in [0, 0.1) is 0 Å². The summed E-state index contributed by atoms with van der Waals surface area (Å²) in [6, 6.07) is 11.7. The van der Waals surface area contributed by atoms with E-state index in [1.165, 1.54) is 13.2 Å². The molecule has 0 aliphatic heterocycles. The fourth-order valence-corrected chi connectivity index (χ4v) is 3.86. The van der Waals surface area contributed by atoms with E-state index < -0.39 is 10.0 Å². The molecule has 7 heteroatoms. The number of sulfonamides is 1. The van der Waals surface area contributed by atoms with Gasteiger partial charge in [0.15, 0.2) is 0 Å². The van der Waals surface area contributed by atoms with Gasteiger partial charge < -0.3 is 10.5 Å². The Hall–Kier alpha value is -1.57. The van der Waals surface area contributed by atoms with Crippen molar-refractivity contribution in [2.45, 2.75) is 11.4 Å². The molecule has 0 unspecified atom stereocenters. The van der Waals surface area contributed by atoms with E-state index in [1.807, 2.05) is 0 Å². The van der Waals surface area contributed by atoms with Gasteiger partial charge >= 0.3 is 0 Å². The Bertz CT molecular complexity index is 748. The highest BCUT2D eigenvalue weighted by molar-refractivity contribution is 9.10. The van der Waals surface area contributed by atoms with Crippen LogP contribution in [0.5, 0.6) is 5.75 Å². The Morgan fingerprint density at radius 2 is 1.95 bits per heavy atom. The van der Waals surface area contributed by atoms with Crippen LogP contribution in [0.4, 0.5) is 5.69 Å². The number of rotatable bonds is 5. The predicted octanol–water partition coefficient (Wildman–Crippen LogP) is 2.52. The quantitative estimate of drug-likeness (QED) is 0.792. The molecule has 0 heterocycles. The number of nitrogens with one attached hydrogen (secondary N) is 1. The summed E-state index contributed by atoms with van der Waals surface area (Å²) < 4.78 is 32.8. The number of benzene rings is 2. The van der Waals surface area contributed by atoms with E-state index in [-0.39, 0.29) is 11.4 Å². The van der Waals surface area contributed by atoms with E-state index in [9.17, 15) is 8.42 Å². The number of anilines is 1. The van der Waals surface area contributed by atoms with Gasteiger partial charge in [0.1, 0.15) is 5.75 Å². The van der Waals surface area contributed by atoms with E-state index in [1.54, 1.807) is 36.4 Å². The third-order valence-corrected chi connectivity index (χ3v) is 5.30. The molecule has 2 rings (SSSR count). The lowest BCUT2D eigenvalue weighted by atomic mass is 10.2. The van der Waals surface area contributed by atoms with Crippen molar-refractivity contribution in [3.63, 3.8) is 0 Å². The molecule has 0 aromatic heterocycles. The Balaban J connectivity index is 2.24. The molecule has 0 atom stereocenters. The molecule has 0 spiro atoms. The van der Waals surface area contributed by atoms with Gasteiger partial charge in [-0.25, -0.2) is 13.1 Å². The first-order chi connectivity index (χ1) is 9.94. The molecule has 0 saturated carbocycles. The second kappa shape index (κ2) is 6.46. The molecule has 3 N–H and O–H groups in total. The third-order valence-electron chi connectivity index (χ3n) is 2.88. The van der Waals surface area contributed by atoms with Gasteiger partial charge in [0.25, 0.3) is 0 Å². The van der Waals surface area contributed by atoms with Gasteiger partial charge in [-0.1, -0.05) is 12.1 Å². The summed E-state index contributed by atoms with van der Waals surface area (Å²) in [4.78, 5) is 0.188. The zero-order valence-corrected chi connectivity index (χ0v) is 13.7. The van der Waals surface area contributed by atoms with Crippen LogP contribution in [0.25, 0.3) is 0 Å². The average Bonchev–Trinajstić information content (AvgIpc) is 2.45. The monoisotopic (exact) mass is 370 g/mol. The van der Waals surface area contributed by atoms with Crippen LogP contribution in [0.2, 0.25) is 0 Å². The number of hydrogen-bond acceptors (Lipinski definition) is 4. The molecule has 112 valence electrons. The normalized spacial score (nSPS) is 11.3. The lowest BCUT2D eigenvalue weighted by Crippen LogP contribution is -2.24. The first-order valence-corrected chi connectivity index (χ1v) is 8.38. The average molecular weight is 371 g/mol. The van der Waals surface area contributed by atoms with Crippen molar-refractivity contribution in [1.82, 2.24) is 4.72 Å². The Morgan fingerprint density at radius 1 is 1.24 bits per heavy atom. The summed E-state index contributed by atoms with van der Waals surface area (Å²) in [7, 11) is -2.10. The molecule has 2 aromatic rings. The van der Waals surface area contributed by atoms with Gasteiger partial charge in [-0.3, -0.25) is 0 Å². The van der Waals surface area contributed by atoms with Crippen molar-refractivity contribution < 1.29 is 13.2 Å². The summed E-state index contributed by atoms with van der Waals surface area (Å²) in [5.41, 5.74) is 6.94. The molecule has 0 radical (unpaired) electrons. The van der Waals surface area contributed by atoms with E-state index in [4.69, 9.17) is 10.5 Å². The summed E-state index contributed by atoms with van der Waals surface area (Å²) in [6.45, 7) is 0.0951. The number of ether oxygens (including phenoxy) is 1. The van der Waals surface area contributed by atoms with Crippen molar-refractivity contribution in [3.05, 3.63) is 52.5 Å².